The molecule has 2 aromatic rings. The number of hydrogen-bond acceptors (Lipinski definition) is 6. The first-order valence-corrected chi connectivity index (χ1v) is 8.74. The Bertz CT molecular complexity index is 832. The summed E-state index contributed by atoms with van der Waals surface area (Å²) >= 11 is 6.87. The minimum Gasteiger partial charge on any atom is -0.456 e. The number of carbonyl (C=O) groups excluding carboxylic acids is 4. The summed E-state index contributed by atoms with van der Waals surface area (Å²) in [6.07, 6.45) is -0.195. The van der Waals surface area contributed by atoms with E-state index < -0.39 is 24.4 Å². The topological polar surface area (TPSA) is 116 Å². The zero-order valence-electron chi connectivity index (χ0n) is 13.5. The second kappa shape index (κ2) is 9.12. The third-order valence-corrected chi connectivity index (χ3v) is 4.35. The van der Waals surface area contributed by atoms with Crippen LogP contribution in [0.1, 0.15) is 33.6 Å². The summed E-state index contributed by atoms with van der Waals surface area (Å²) in [7, 11) is 0. The predicted octanol–water partition coefficient (Wildman–Crippen LogP) is 2.65. The van der Waals surface area contributed by atoms with E-state index in [4.69, 9.17) is 22.1 Å². The molecule has 1 aromatic carbocycles. The van der Waals surface area contributed by atoms with Crippen molar-refractivity contribution in [3.63, 3.8) is 0 Å². The molecule has 0 unspecified atom stereocenters. The standard InChI is InChI=1S/C17H15ClN2O5S/c18-11-3-1-10(2-4-11)13(21)5-6-15(23)25-9-14(22)20-17-12(16(19)24)7-8-26-17/h1-4,7-8H,5-6,9H2,(H2,19,24)(H,20,22). The first kappa shape index (κ1) is 19.6. The number of ether oxygens (including phenoxy) is 1. The van der Waals surface area contributed by atoms with E-state index in [1.54, 1.807) is 29.6 Å². The van der Waals surface area contributed by atoms with Gasteiger partial charge in [-0.1, -0.05) is 11.6 Å². The van der Waals surface area contributed by atoms with Gasteiger partial charge in [-0.3, -0.25) is 19.2 Å². The van der Waals surface area contributed by atoms with E-state index in [1.807, 2.05) is 0 Å². The van der Waals surface area contributed by atoms with Gasteiger partial charge in [0.05, 0.1) is 12.0 Å². The van der Waals surface area contributed by atoms with Gasteiger partial charge in [0.25, 0.3) is 11.8 Å². The largest absolute Gasteiger partial charge is 0.456 e. The molecule has 0 atom stereocenters. The number of carbonyl (C=O) groups is 4. The van der Waals surface area contributed by atoms with Gasteiger partial charge in [0.2, 0.25) is 0 Å². The Morgan fingerprint density at radius 2 is 1.77 bits per heavy atom. The number of primary amides is 1. The molecule has 1 aromatic heterocycles. The predicted molar refractivity (Wildman–Crippen MR) is 97.4 cm³/mol. The number of nitrogens with one attached hydrogen (secondary N) is 1. The minimum atomic E-state index is -0.677. The number of hydrogen-bond donors (Lipinski definition) is 2. The molecule has 2 rings (SSSR count). The third kappa shape index (κ3) is 5.68. The van der Waals surface area contributed by atoms with Gasteiger partial charge in [-0.25, -0.2) is 0 Å². The van der Waals surface area contributed by atoms with Crippen LogP contribution in [0.25, 0.3) is 0 Å². The van der Waals surface area contributed by atoms with Crippen LogP contribution in [0.3, 0.4) is 0 Å². The zero-order chi connectivity index (χ0) is 19.1. The van der Waals surface area contributed by atoms with Gasteiger partial charge in [0.1, 0.15) is 5.00 Å². The van der Waals surface area contributed by atoms with Crippen molar-refractivity contribution >= 4 is 51.5 Å². The zero-order valence-corrected chi connectivity index (χ0v) is 15.1. The highest BCUT2D eigenvalue weighted by atomic mass is 35.5. The molecule has 1 heterocycles. The second-order valence-corrected chi connectivity index (χ2v) is 6.52. The maximum Gasteiger partial charge on any atom is 0.306 e. The Balaban J connectivity index is 1.75. The van der Waals surface area contributed by atoms with Gasteiger partial charge in [0, 0.05) is 17.0 Å². The minimum absolute atomic E-state index is 0.0428. The lowest BCUT2D eigenvalue weighted by atomic mass is 10.1. The van der Waals surface area contributed by atoms with E-state index in [1.165, 1.54) is 6.07 Å². The maximum atomic E-state index is 11.9. The van der Waals surface area contributed by atoms with Crippen LogP contribution in [0, 0.1) is 0 Å². The van der Waals surface area contributed by atoms with Crippen LogP contribution < -0.4 is 11.1 Å². The number of halogens is 1. The number of nitrogens with two attached hydrogens (primary N) is 1. The Morgan fingerprint density at radius 1 is 1.08 bits per heavy atom. The molecule has 2 amide bonds. The number of ketones is 1. The quantitative estimate of drug-likeness (QED) is 0.527. The molecule has 136 valence electrons. The number of thiophene rings is 1. The maximum absolute atomic E-state index is 11.9. The lowest BCUT2D eigenvalue weighted by molar-refractivity contribution is -0.147. The normalized spacial score (nSPS) is 10.2. The molecule has 0 aliphatic carbocycles. The van der Waals surface area contributed by atoms with Crippen LogP contribution in [-0.2, 0) is 14.3 Å². The lowest BCUT2D eigenvalue weighted by Crippen LogP contribution is -2.22. The summed E-state index contributed by atoms with van der Waals surface area (Å²) in [6, 6.07) is 7.79. The van der Waals surface area contributed by atoms with E-state index in [0.29, 0.717) is 10.6 Å². The highest BCUT2D eigenvalue weighted by Gasteiger charge is 2.15. The Morgan fingerprint density at radius 3 is 2.42 bits per heavy atom. The first-order chi connectivity index (χ1) is 12.4. The van der Waals surface area contributed by atoms with Crippen LogP contribution in [0.5, 0.6) is 0 Å². The van der Waals surface area contributed by atoms with Crippen LogP contribution in [0.2, 0.25) is 5.02 Å². The SMILES string of the molecule is NC(=O)c1ccsc1NC(=O)COC(=O)CCC(=O)c1ccc(Cl)cc1. The van der Waals surface area contributed by atoms with E-state index in [0.717, 1.165) is 11.3 Å². The summed E-state index contributed by atoms with van der Waals surface area (Å²) < 4.78 is 4.82. The van der Waals surface area contributed by atoms with Crippen molar-refractivity contribution in [2.24, 2.45) is 5.73 Å². The molecule has 0 radical (unpaired) electrons. The summed E-state index contributed by atoms with van der Waals surface area (Å²) in [6.45, 7) is -0.524. The average Bonchev–Trinajstić information content (AvgIpc) is 3.06. The number of benzene rings is 1. The number of esters is 1. The highest BCUT2D eigenvalue weighted by molar-refractivity contribution is 7.14. The molecule has 0 saturated heterocycles. The molecule has 0 spiro atoms. The van der Waals surface area contributed by atoms with Gasteiger partial charge in [-0.15, -0.1) is 11.3 Å². The number of amides is 2. The van der Waals surface area contributed by atoms with E-state index in [9.17, 15) is 19.2 Å². The molecule has 3 N–H and O–H groups in total. The van der Waals surface area contributed by atoms with Crippen LogP contribution in [-0.4, -0.2) is 30.2 Å². The van der Waals surface area contributed by atoms with Gasteiger partial charge >= 0.3 is 5.97 Å². The van der Waals surface area contributed by atoms with Crippen molar-refractivity contribution in [3.8, 4) is 0 Å². The van der Waals surface area contributed by atoms with E-state index in [-0.39, 0.29) is 29.2 Å². The van der Waals surface area contributed by atoms with Gasteiger partial charge in [0.15, 0.2) is 12.4 Å². The molecule has 0 aliphatic heterocycles. The lowest BCUT2D eigenvalue weighted by Gasteiger charge is -2.06. The monoisotopic (exact) mass is 394 g/mol. The Labute approximate surface area is 158 Å². The van der Waals surface area contributed by atoms with Crippen molar-refractivity contribution in [2.75, 3.05) is 11.9 Å². The molecule has 7 nitrogen and oxygen atoms in total. The van der Waals surface area contributed by atoms with Gasteiger partial charge in [-0.05, 0) is 35.7 Å². The summed E-state index contributed by atoms with van der Waals surface area (Å²) in [5.74, 6) is -2.18. The second-order valence-electron chi connectivity index (χ2n) is 5.17. The number of anilines is 1. The fraction of sp³-hybridized carbons (Fsp3) is 0.176. The Hall–Kier alpha value is -2.71. The van der Waals surface area contributed by atoms with Gasteiger partial charge in [-0.2, -0.15) is 0 Å². The van der Waals surface area contributed by atoms with Crippen molar-refractivity contribution in [1.82, 2.24) is 0 Å². The number of rotatable bonds is 8. The van der Waals surface area contributed by atoms with Crippen molar-refractivity contribution < 1.29 is 23.9 Å². The number of Topliss-reactive ketones (excluding diaryl/α,β-unsaturated/α-hetero) is 1. The first-order valence-electron chi connectivity index (χ1n) is 7.48. The van der Waals surface area contributed by atoms with E-state index >= 15 is 0 Å². The molecule has 0 saturated carbocycles. The third-order valence-electron chi connectivity index (χ3n) is 3.27. The summed E-state index contributed by atoms with van der Waals surface area (Å²) in [4.78, 5) is 46.5. The summed E-state index contributed by atoms with van der Waals surface area (Å²) in [5.41, 5.74) is 5.80. The molecule has 9 heteroatoms. The molecule has 0 fully saturated rings. The fourth-order valence-corrected chi connectivity index (χ4v) is 2.91. The van der Waals surface area contributed by atoms with Crippen LogP contribution in [0.4, 0.5) is 5.00 Å². The summed E-state index contributed by atoms with van der Waals surface area (Å²) in [5, 5.41) is 4.85. The Kier molecular flexibility index (Phi) is 6.88. The molecule has 0 bridgehead atoms. The van der Waals surface area contributed by atoms with Crippen molar-refractivity contribution in [3.05, 3.63) is 51.9 Å². The fourth-order valence-electron chi connectivity index (χ4n) is 1.98. The van der Waals surface area contributed by atoms with Crippen molar-refractivity contribution in [1.29, 1.82) is 0 Å². The highest BCUT2D eigenvalue weighted by Crippen LogP contribution is 2.22. The van der Waals surface area contributed by atoms with E-state index in [2.05, 4.69) is 5.32 Å². The molecular weight excluding hydrogens is 380 g/mol. The van der Waals surface area contributed by atoms with Crippen LogP contribution in [0.15, 0.2) is 35.7 Å². The van der Waals surface area contributed by atoms with Crippen molar-refractivity contribution in [2.45, 2.75) is 12.8 Å². The smallest absolute Gasteiger partial charge is 0.306 e. The van der Waals surface area contributed by atoms with Crippen LogP contribution >= 0.6 is 22.9 Å². The molecule has 26 heavy (non-hydrogen) atoms. The van der Waals surface area contributed by atoms with Gasteiger partial charge < -0.3 is 15.8 Å². The molecule has 0 aliphatic rings. The molecular formula is C17H15ClN2O5S. The average molecular weight is 395 g/mol.